The van der Waals surface area contributed by atoms with E-state index >= 15 is 0 Å². The van der Waals surface area contributed by atoms with Gasteiger partial charge in [0.05, 0.1) is 6.21 Å². The fraction of sp³-hybridized carbons (Fsp3) is 0.167. The minimum absolute atomic E-state index is 0.0566. The number of nitrogens with zero attached hydrogens (tertiary/aromatic N) is 3. The normalized spacial score (nSPS) is 11.1. The molecular weight excluding hydrogens is 184 g/mol. The molecule has 0 bridgehead atoms. The van der Waals surface area contributed by atoms with Crippen LogP contribution in [-0.2, 0) is 0 Å². The third-order valence-corrected chi connectivity index (χ3v) is 0.926. The Balaban J connectivity index is 4.06. The summed E-state index contributed by atoms with van der Waals surface area (Å²) < 4.78 is 0. The van der Waals surface area contributed by atoms with Crippen LogP contribution in [0.4, 0.5) is 0 Å². The highest BCUT2D eigenvalue weighted by Gasteiger charge is 1.82. The second-order valence-electron chi connectivity index (χ2n) is 2.29. The van der Waals surface area contributed by atoms with E-state index in [1.54, 1.807) is 13.0 Å². The number of guanidine groups is 2. The molecule has 0 aromatic heterocycles. The first kappa shape index (κ1) is 11.8. The molecule has 0 radical (unpaired) electrons. The first-order valence-corrected chi connectivity index (χ1v) is 3.66. The molecule has 0 aliphatic rings. The summed E-state index contributed by atoms with van der Waals surface area (Å²) in [5, 5.41) is 10.4. The zero-order valence-electron chi connectivity index (χ0n) is 7.81. The molecule has 0 amide bonds. The Kier molecular flexibility index (Phi) is 5.28. The van der Waals surface area contributed by atoms with Crippen LogP contribution in [0.25, 0.3) is 0 Å². The second-order valence-corrected chi connectivity index (χ2v) is 2.29. The Morgan fingerprint density at radius 3 is 2.29 bits per heavy atom. The number of hydrazone groups is 1. The highest BCUT2D eigenvalue weighted by atomic mass is 15.3. The van der Waals surface area contributed by atoms with Gasteiger partial charge in [-0.2, -0.15) is 5.10 Å². The lowest BCUT2D eigenvalue weighted by molar-refractivity contribution is 0.883. The summed E-state index contributed by atoms with van der Waals surface area (Å²) in [5.41, 5.74) is 23.5. The van der Waals surface area contributed by atoms with Crippen molar-refractivity contribution in [2.45, 2.75) is 6.92 Å². The lowest BCUT2D eigenvalue weighted by Crippen LogP contribution is -2.25. The zero-order chi connectivity index (χ0) is 11.0. The lowest BCUT2D eigenvalue weighted by Gasteiger charge is -1.97. The fourth-order valence-electron chi connectivity index (χ4n) is 0.435. The first-order chi connectivity index (χ1) is 6.52. The van der Waals surface area contributed by atoms with Crippen molar-refractivity contribution in [2.75, 3.05) is 0 Å². The van der Waals surface area contributed by atoms with Crippen molar-refractivity contribution >= 4 is 18.1 Å². The molecule has 14 heavy (non-hydrogen) atoms. The number of hydrogen-bond acceptors (Lipinski definition) is 4. The van der Waals surface area contributed by atoms with E-state index in [0.717, 1.165) is 0 Å². The fourth-order valence-corrected chi connectivity index (χ4v) is 0.435. The van der Waals surface area contributed by atoms with Crippen molar-refractivity contribution < 1.29 is 0 Å². The first-order valence-electron chi connectivity index (χ1n) is 3.66. The summed E-state index contributed by atoms with van der Waals surface area (Å²) in [4.78, 5) is 0. The van der Waals surface area contributed by atoms with Gasteiger partial charge in [-0.1, -0.05) is 0 Å². The molecule has 0 atom stereocenters. The standard InChI is InChI=1S/C6H14N8/c1-4(12-14-6(9)10)2-3-11-13-5(7)8/h2-3,12H,1H3,(H4,7,8,13)(H4,9,10,14)/b4-2-,11-3+. The van der Waals surface area contributed by atoms with E-state index < -0.39 is 0 Å². The summed E-state index contributed by atoms with van der Waals surface area (Å²) in [5.74, 6) is -0.164. The van der Waals surface area contributed by atoms with Crippen molar-refractivity contribution in [3.05, 3.63) is 11.8 Å². The number of nitrogens with one attached hydrogen (secondary N) is 1. The average molecular weight is 198 g/mol. The summed E-state index contributed by atoms with van der Waals surface area (Å²) in [6.07, 6.45) is 2.99. The minimum atomic E-state index is -0.107. The van der Waals surface area contributed by atoms with Crippen molar-refractivity contribution in [1.82, 2.24) is 5.43 Å². The van der Waals surface area contributed by atoms with Crippen molar-refractivity contribution in [3.8, 4) is 0 Å². The molecule has 0 aromatic carbocycles. The van der Waals surface area contributed by atoms with Gasteiger partial charge in [0.2, 0.25) is 11.9 Å². The molecule has 8 heteroatoms. The van der Waals surface area contributed by atoms with E-state index in [1.165, 1.54) is 6.21 Å². The highest BCUT2D eigenvalue weighted by molar-refractivity contribution is 5.78. The summed E-state index contributed by atoms with van der Waals surface area (Å²) >= 11 is 0. The molecule has 8 nitrogen and oxygen atoms in total. The van der Waals surface area contributed by atoms with Gasteiger partial charge in [0.25, 0.3) is 0 Å². The van der Waals surface area contributed by atoms with Crippen LogP contribution in [0.5, 0.6) is 0 Å². The molecule has 0 fully saturated rings. The SMILES string of the molecule is C/C(=C/C=N/N=C(N)N)NN=C(N)N. The van der Waals surface area contributed by atoms with Crippen LogP contribution in [0.1, 0.15) is 6.92 Å². The van der Waals surface area contributed by atoms with Gasteiger partial charge >= 0.3 is 0 Å². The number of hydrogen-bond donors (Lipinski definition) is 5. The number of nitrogens with two attached hydrogens (primary N) is 4. The van der Waals surface area contributed by atoms with Crippen LogP contribution in [0.3, 0.4) is 0 Å². The van der Waals surface area contributed by atoms with Gasteiger partial charge in [-0.05, 0) is 13.0 Å². The lowest BCUT2D eigenvalue weighted by atomic mass is 10.5. The molecular formula is C6H14N8. The molecule has 0 aromatic rings. The van der Waals surface area contributed by atoms with Crippen LogP contribution < -0.4 is 28.4 Å². The third-order valence-electron chi connectivity index (χ3n) is 0.926. The van der Waals surface area contributed by atoms with Crippen molar-refractivity contribution in [1.29, 1.82) is 0 Å². The Morgan fingerprint density at radius 1 is 1.14 bits per heavy atom. The average Bonchev–Trinajstić information content (AvgIpc) is 2.08. The largest absolute Gasteiger partial charge is 0.369 e. The summed E-state index contributed by atoms with van der Waals surface area (Å²) in [6.45, 7) is 1.74. The third kappa shape index (κ3) is 7.85. The van der Waals surface area contributed by atoms with Crippen LogP contribution in [0.15, 0.2) is 27.1 Å². The zero-order valence-corrected chi connectivity index (χ0v) is 7.81. The number of rotatable bonds is 4. The van der Waals surface area contributed by atoms with Gasteiger partial charge in [0.1, 0.15) is 0 Å². The summed E-state index contributed by atoms with van der Waals surface area (Å²) in [6, 6.07) is 0. The minimum Gasteiger partial charge on any atom is -0.369 e. The van der Waals surface area contributed by atoms with Crippen molar-refractivity contribution in [3.63, 3.8) is 0 Å². The van der Waals surface area contributed by atoms with E-state index in [2.05, 4.69) is 20.7 Å². The summed E-state index contributed by atoms with van der Waals surface area (Å²) in [7, 11) is 0. The van der Waals surface area contributed by atoms with Crippen LogP contribution in [0, 0.1) is 0 Å². The molecule has 0 spiro atoms. The molecule has 9 N–H and O–H groups in total. The van der Waals surface area contributed by atoms with Crippen LogP contribution in [0.2, 0.25) is 0 Å². The van der Waals surface area contributed by atoms with Gasteiger partial charge in [0.15, 0.2) is 0 Å². The smallest absolute Gasteiger partial charge is 0.211 e. The van der Waals surface area contributed by atoms with E-state index in [0.29, 0.717) is 5.70 Å². The van der Waals surface area contributed by atoms with Gasteiger partial charge in [0, 0.05) is 5.70 Å². The van der Waals surface area contributed by atoms with Crippen LogP contribution in [-0.4, -0.2) is 18.1 Å². The Hall–Kier alpha value is -2.25. The van der Waals surface area contributed by atoms with Gasteiger partial charge in [-0.3, -0.25) is 5.43 Å². The maximum absolute atomic E-state index is 5.08. The predicted molar refractivity (Wildman–Crippen MR) is 57.0 cm³/mol. The Labute approximate surface area is 81.4 Å². The van der Waals surface area contributed by atoms with Gasteiger partial charge in [-0.15, -0.1) is 10.2 Å². The van der Waals surface area contributed by atoms with E-state index in [9.17, 15) is 0 Å². The molecule has 0 rings (SSSR count). The molecule has 0 unspecified atom stereocenters. The molecule has 0 aliphatic carbocycles. The van der Waals surface area contributed by atoms with E-state index in [1.807, 2.05) is 0 Å². The maximum Gasteiger partial charge on any atom is 0.211 e. The second kappa shape index (κ2) is 6.29. The Morgan fingerprint density at radius 2 is 1.79 bits per heavy atom. The quantitative estimate of drug-likeness (QED) is 0.199. The van der Waals surface area contributed by atoms with Crippen LogP contribution >= 0.6 is 0 Å². The van der Waals surface area contributed by atoms with Gasteiger partial charge < -0.3 is 22.9 Å². The Bertz CT molecular complexity index is 278. The molecule has 0 saturated heterocycles. The molecule has 0 saturated carbocycles. The number of allylic oxidation sites excluding steroid dienone is 2. The molecule has 78 valence electrons. The van der Waals surface area contributed by atoms with Gasteiger partial charge in [-0.25, -0.2) is 0 Å². The van der Waals surface area contributed by atoms with E-state index in [-0.39, 0.29) is 11.9 Å². The van der Waals surface area contributed by atoms with Crippen molar-refractivity contribution in [2.24, 2.45) is 38.2 Å². The highest BCUT2D eigenvalue weighted by Crippen LogP contribution is 1.83. The van der Waals surface area contributed by atoms with E-state index in [4.69, 9.17) is 22.9 Å². The predicted octanol–water partition coefficient (Wildman–Crippen LogP) is -2.07. The monoisotopic (exact) mass is 198 g/mol. The topological polar surface area (TPSA) is 153 Å². The molecule has 0 aliphatic heterocycles. The molecule has 0 heterocycles. The maximum atomic E-state index is 5.08.